The summed E-state index contributed by atoms with van der Waals surface area (Å²) in [7, 11) is 0. The summed E-state index contributed by atoms with van der Waals surface area (Å²) >= 11 is 11.0. The number of likely N-dealkylation sites (N-methyl/N-ethyl adjacent to an activating group) is 2. The summed E-state index contributed by atoms with van der Waals surface area (Å²) in [5.74, 6) is -1.90. The molecule has 1 saturated heterocycles. The number of thiocarbonyl (C=S) groups is 1. The second kappa shape index (κ2) is 8.49. The largest absolute Gasteiger partial charge is 0.450 e. The smallest absolute Gasteiger partial charge is 0.284 e. The molecular weight excluding hydrogens is 460 g/mol. The van der Waals surface area contributed by atoms with E-state index in [1.807, 2.05) is 32.0 Å². The van der Waals surface area contributed by atoms with Crippen molar-refractivity contribution >= 4 is 41.4 Å². The summed E-state index contributed by atoms with van der Waals surface area (Å²) in [4.78, 5) is 44.4. The number of carbonyl (C=O) groups excluding carboxylic acids is 2. The van der Waals surface area contributed by atoms with E-state index in [0.29, 0.717) is 23.4 Å². The van der Waals surface area contributed by atoms with E-state index in [4.69, 9.17) is 29.2 Å². The average Bonchev–Trinajstić information content (AvgIpc) is 3.17. The quantitative estimate of drug-likeness (QED) is 0.478. The minimum atomic E-state index is -1.98. The van der Waals surface area contributed by atoms with Crippen LogP contribution in [0.2, 0.25) is 0 Å². The first-order chi connectivity index (χ1) is 15.8. The minimum Gasteiger partial charge on any atom is -0.450 e. The van der Waals surface area contributed by atoms with Crippen molar-refractivity contribution in [2.45, 2.75) is 52.3 Å². The SMILES string of the molecule is CCN1C(=O)C2(Oc3c(c(=O)n(CC)c(=S)n3CC)C2c2ccccc2)C(=O)N(CC)C1=S. The fourth-order valence-electron chi connectivity index (χ4n) is 4.78. The molecule has 1 unspecified atom stereocenters. The molecule has 1 aromatic heterocycles. The van der Waals surface area contributed by atoms with Crippen LogP contribution in [0.4, 0.5) is 0 Å². The molecule has 0 saturated carbocycles. The van der Waals surface area contributed by atoms with Crippen LogP contribution in [-0.4, -0.2) is 54.6 Å². The van der Waals surface area contributed by atoms with E-state index in [1.54, 1.807) is 30.5 Å². The van der Waals surface area contributed by atoms with Gasteiger partial charge in [-0.2, -0.15) is 0 Å². The third kappa shape index (κ3) is 3.03. The zero-order valence-electron chi connectivity index (χ0n) is 19.0. The van der Waals surface area contributed by atoms with Gasteiger partial charge in [-0.15, -0.1) is 0 Å². The number of hydrogen-bond acceptors (Lipinski definition) is 6. The van der Waals surface area contributed by atoms with Crippen molar-refractivity contribution in [3.8, 4) is 5.88 Å². The molecule has 0 radical (unpaired) electrons. The van der Waals surface area contributed by atoms with Crippen LogP contribution in [0.1, 0.15) is 44.7 Å². The highest BCUT2D eigenvalue weighted by Crippen LogP contribution is 2.50. The van der Waals surface area contributed by atoms with Crippen LogP contribution in [0.5, 0.6) is 5.88 Å². The Labute approximate surface area is 202 Å². The molecule has 3 heterocycles. The average molecular weight is 487 g/mol. The van der Waals surface area contributed by atoms with Gasteiger partial charge >= 0.3 is 0 Å². The van der Waals surface area contributed by atoms with E-state index in [-0.39, 0.29) is 35.2 Å². The number of hydrogen-bond donors (Lipinski definition) is 0. The van der Waals surface area contributed by atoms with Crippen molar-refractivity contribution in [3.63, 3.8) is 0 Å². The summed E-state index contributed by atoms with van der Waals surface area (Å²) in [6, 6.07) is 9.07. The molecule has 174 valence electrons. The molecule has 4 rings (SSSR count). The van der Waals surface area contributed by atoms with Gasteiger partial charge in [0.05, 0.1) is 11.5 Å². The lowest BCUT2D eigenvalue weighted by Gasteiger charge is -2.45. The van der Waals surface area contributed by atoms with Crippen LogP contribution in [0.25, 0.3) is 0 Å². The molecule has 0 bridgehead atoms. The van der Waals surface area contributed by atoms with E-state index in [1.165, 1.54) is 14.4 Å². The predicted molar refractivity (Wildman–Crippen MR) is 130 cm³/mol. The first-order valence-electron chi connectivity index (χ1n) is 11.1. The first-order valence-corrected chi connectivity index (χ1v) is 11.9. The number of aromatic nitrogens is 2. The maximum absolute atomic E-state index is 14.0. The van der Waals surface area contributed by atoms with Gasteiger partial charge < -0.3 is 4.74 Å². The Morgan fingerprint density at radius 3 is 1.88 bits per heavy atom. The molecule has 1 aromatic carbocycles. The highest BCUT2D eigenvalue weighted by molar-refractivity contribution is 7.80. The monoisotopic (exact) mass is 486 g/mol. The molecule has 2 aromatic rings. The fourth-order valence-corrected chi connectivity index (χ4v) is 5.63. The van der Waals surface area contributed by atoms with Crippen LogP contribution >= 0.6 is 24.4 Å². The molecule has 33 heavy (non-hydrogen) atoms. The number of benzene rings is 1. The van der Waals surface area contributed by atoms with Crippen molar-refractivity contribution in [2.24, 2.45) is 0 Å². The van der Waals surface area contributed by atoms with Gasteiger partial charge in [0, 0.05) is 26.2 Å². The van der Waals surface area contributed by atoms with Crippen LogP contribution in [0.3, 0.4) is 0 Å². The molecule has 1 spiro atoms. The molecular formula is C23H26N4O4S2. The van der Waals surface area contributed by atoms with E-state index < -0.39 is 23.3 Å². The van der Waals surface area contributed by atoms with Gasteiger partial charge in [-0.1, -0.05) is 30.3 Å². The normalized spacial score (nSPS) is 19.3. The summed E-state index contributed by atoms with van der Waals surface area (Å²) in [6.07, 6.45) is 0. The van der Waals surface area contributed by atoms with Crippen molar-refractivity contribution in [1.82, 2.24) is 18.9 Å². The molecule has 2 aliphatic rings. The Morgan fingerprint density at radius 2 is 1.39 bits per heavy atom. The zero-order valence-corrected chi connectivity index (χ0v) is 20.7. The van der Waals surface area contributed by atoms with Gasteiger partial charge in [0.15, 0.2) is 9.88 Å². The highest BCUT2D eigenvalue weighted by Gasteiger charge is 2.67. The van der Waals surface area contributed by atoms with Crippen molar-refractivity contribution in [2.75, 3.05) is 13.1 Å². The van der Waals surface area contributed by atoms with Crippen LogP contribution < -0.4 is 10.3 Å². The van der Waals surface area contributed by atoms with Crippen LogP contribution in [-0.2, 0) is 22.7 Å². The van der Waals surface area contributed by atoms with Crippen LogP contribution in [0.15, 0.2) is 35.1 Å². The second-order valence-corrected chi connectivity index (χ2v) is 8.59. The Balaban J connectivity index is 2.13. The van der Waals surface area contributed by atoms with E-state index in [2.05, 4.69) is 0 Å². The third-order valence-corrected chi connectivity index (χ3v) is 7.23. The number of fused-ring (bicyclic) bond motifs is 1. The zero-order chi connectivity index (χ0) is 24.1. The standard InChI is InChI=1S/C23H26N4O4S2/c1-5-24-17(28)15-16(14-12-10-9-11-13-14)23(31-18(15)25(6-2)21(24)32)19(29)26(7-3)22(33)27(8-4)20(23)30/h9-13,16H,5-8H2,1-4H3. The molecule has 0 N–H and O–H groups in total. The predicted octanol–water partition coefficient (Wildman–Crippen LogP) is 2.68. The summed E-state index contributed by atoms with van der Waals surface area (Å²) < 4.78 is 9.81. The fraction of sp³-hybridized carbons (Fsp3) is 0.435. The third-order valence-electron chi connectivity index (χ3n) is 6.35. The summed E-state index contributed by atoms with van der Waals surface area (Å²) in [5, 5.41) is 0.144. The molecule has 10 heteroatoms. The van der Waals surface area contributed by atoms with Gasteiger partial charge in [-0.3, -0.25) is 33.3 Å². The van der Waals surface area contributed by atoms with Gasteiger partial charge in [0.25, 0.3) is 23.0 Å². The van der Waals surface area contributed by atoms with E-state index in [0.717, 1.165) is 0 Å². The van der Waals surface area contributed by atoms with Gasteiger partial charge in [-0.05, 0) is 57.7 Å². The molecule has 8 nitrogen and oxygen atoms in total. The topological polar surface area (TPSA) is 76.8 Å². The van der Waals surface area contributed by atoms with E-state index in [9.17, 15) is 14.4 Å². The highest BCUT2D eigenvalue weighted by atomic mass is 32.1. The summed E-state index contributed by atoms with van der Waals surface area (Å²) in [5.41, 5.74) is -1.44. The maximum Gasteiger partial charge on any atom is 0.284 e. The Kier molecular flexibility index (Phi) is 6.00. The van der Waals surface area contributed by atoms with Gasteiger partial charge in [-0.25, -0.2) is 0 Å². The number of carbonyl (C=O) groups is 2. The van der Waals surface area contributed by atoms with Crippen molar-refractivity contribution in [1.29, 1.82) is 0 Å². The van der Waals surface area contributed by atoms with Crippen LogP contribution in [0, 0.1) is 4.77 Å². The number of rotatable bonds is 5. The van der Waals surface area contributed by atoms with Crippen molar-refractivity contribution in [3.05, 3.63) is 56.6 Å². The number of amides is 2. The summed E-state index contributed by atoms with van der Waals surface area (Å²) in [6.45, 7) is 8.59. The van der Waals surface area contributed by atoms with Crippen molar-refractivity contribution < 1.29 is 14.3 Å². The Morgan fingerprint density at radius 1 is 0.848 bits per heavy atom. The lowest BCUT2D eigenvalue weighted by molar-refractivity contribution is -0.163. The van der Waals surface area contributed by atoms with Gasteiger partial charge in [0.2, 0.25) is 5.88 Å². The lowest BCUT2D eigenvalue weighted by Crippen LogP contribution is -2.71. The number of ether oxygens (including phenoxy) is 1. The number of nitrogens with zero attached hydrogens (tertiary/aromatic N) is 4. The Bertz CT molecular complexity index is 1240. The van der Waals surface area contributed by atoms with Gasteiger partial charge in [0.1, 0.15) is 0 Å². The first kappa shape index (κ1) is 23.3. The molecule has 0 aliphatic carbocycles. The molecule has 2 amide bonds. The minimum absolute atomic E-state index is 0.144. The lowest BCUT2D eigenvalue weighted by atomic mass is 9.77. The molecule has 1 atom stereocenters. The molecule has 1 fully saturated rings. The second-order valence-electron chi connectivity index (χ2n) is 7.86. The van der Waals surface area contributed by atoms with E-state index >= 15 is 0 Å². The molecule has 2 aliphatic heterocycles. The Hall–Kier alpha value is -2.85. The maximum atomic E-state index is 14.0.